The molecule has 0 saturated heterocycles. The number of alkyl halides is 15. The molecule has 2 aliphatic carbocycles. The van der Waals surface area contributed by atoms with Gasteiger partial charge in [0.15, 0.2) is 0 Å². The zero-order chi connectivity index (χ0) is 19.6. The summed E-state index contributed by atoms with van der Waals surface area (Å²) in [5.41, 5.74) is -7.07. The Kier molecular flexibility index (Phi) is 3.10. The normalized spacial score (nSPS) is 36.1. The van der Waals surface area contributed by atoms with Gasteiger partial charge in [0.2, 0.25) is 0 Å². The molecule has 2 saturated carbocycles. The van der Waals surface area contributed by atoms with E-state index in [9.17, 15) is 65.9 Å². The molecule has 2 aliphatic rings. The molecular weight excluding hydrogens is 393 g/mol. The average Bonchev–Trinajstić information content (AvgIpc) is 2.41. The Morgan fingerprint density at radius 1 is 0.333 bits per heavy atom. The molecule has 0 spiro atoms. The summed E-state index contributed by atoms with van der Waals surface area (Å²) in [6.45, 7) is 0. The van der Waals surface area contributed by atoms with Gasteiger partial charge in [0, 0.05) is 0 Å². The minimum atomic E-state index is -7.27. The first kappa shape index (κ1) is 19.3. The highest BCUT2D eigenvalue weighted by Crippen LogP contribution is 2.79. The van der Waals surface area contributed by atoms with Crippen molar-refractivity contribution in [2.24, 2.45) is 5.92 Å². The monoisotopic (exact) mass is 394 g/mol. The average molecular weight is 394 g/mol. The molecule has 0 heterocycles. The van der Waals surface area contributed by atoms with Gasteiger partial charge in [-0.05, 0) is 0 Å². The molecule has 0 aromatic carbocycles. The van der Waals surface area contributed by atoms with Gasteiger partial charge >= 0.3 is 41.5 Å². The second kappa shape index (κ2) is 3.86. The summed E-state index contributed by atoms with van der Waals surface area (Å²) >= 11 is 0. The maximum Gasteiger partial charge on any atom is 0.379 e. The highest BCUT2D eigenvalue weighted by atomic mass is 19.4. The van der Waals surface area contributed by atoms with Crippen LogP contribution in [0.2, 0.25) is 0 Å². The summed E-state index contributed by atoms with van der Waals surface area (Å²) < 4.78 is 194. The lowest BCUT2D eigenvalue weighted by molar-refractivity contribution is -0.500. The van der Waals surface area contributed by atoms with Crippen molar-refractivity contribution in [2.45, 2.75) is 47.1 Å². The van der Waals surface area contributed by atoms with Crippen LogP contribution in [0.1, 0.15) is 0 Å². The fraction of sp³-hybridized carbons (Fsp3) is 1.00. The van der Waals surface area contributed by atoms with Crippen LogP contribution in [-0.4, -0.2) is 47.1 Å². The van der Waals surface area contributed by atoms with E-state index < -0.39 is 53.0 Å². The molecule has 0 aromatic rings. The van der Waals surface area contributed by atoms with Crippen LogP contribution in [-0.2, 0) is 0 Å². The van der Waals surface area contributed by atoms with Gasteiger partial charge in [0.1, 0.15) is 5.92 Å². The van der Waals surface area contributed by atoms with Crippen molar-refractivity contribution < 1.29 is 65.9 Å². The molecule has 24 heavy (non-hydrogen) atoms. The van der Waals surface area contributed by atoms with Crippen LogP contribution in [0.25, 0.3) is 0 Å². The molecule has 15 heteroatoms. The van der Waals surface area contributed by atoms with Crippen molar-refractivity contribution in [1.29, 1.82) is 0 Å². The van der Waals surface area contributed by atoms with Crippen LogP contribution in [0.4, 0.5) is 65.9 Å². The van der Waals surface area contributed by atoms with Gasteiger partial charge in [-0.2, -0.15) is 61.5 Å². The molecule has 0 N–H and O–H groups in total. The highest BCUT2D eigenvalue weighted by Gasteiger charge is 3.09. The van der Waals surface area contributed by atoms with E-state index in [1.165, 1.54) is 0 Å². The van der Waals surface area contributed by atoms with Gasteiger partial charge in [0.05, 0.1) is 0 Å². The topological polar surface area (TPSA) is 0 Å². The van der Waals surface area contributed by atoms with Gasteiger partial charge in [-0.1, -0.05) is 0 Å². The first-order valence-corrected chi connectivity index (χ1v) is 5.45. The van der Waals surface area contributed by atoms with E-state index in [2.05, 4.69) is 0 Å². The molecule has 0 atom stereocenters. The summed E-state index contributed by atoms with van der Waals surface area (Å²) in [5.74, 6) is -56.1. The zero-order valence-corrected chi connectivity index (χ0v) is 10.2. The van der Waals surface area contributed by atoms with Gasteiger partial charge < -0.3 is 0 Å². The van der Waals surface area contributed by atoms with E-state index in [4.69, 9.17) is 0 Å². The minimum Gasteiger partial charge on any atom is -0.229 e. The molecule has 2 fully saturated rings. The molecule has 142 valence electrons. The summed E-state index contributed by atoms with van der Waals surface area (Å²) in [5, 5.41) is 0. The Morgan fingerprint density at radius 2 is 0.583 bits per heavy atom. The molecule has 0 aliphatic heterocycles. The molecule has 0 unspecified atom stereocenters. The molecule has 0 aromatic heterocycles. The van der Waals surface area contributed by atoms with E-state index in [-0.39, 0.29) is 0 Å². The Balaban J connectivity index is 2.81. The van der Waals surface area contributed by atoms with Crippen LogP contribution in [0, 0.1) is 5.92 Å². The largest absolute Gasteiger partial charge is 0.379 e. The lowest BCUT2D eigenvalue weighted by Crippen LogP contribution is -2.88. The second-order valence-electron chi connectivity index (χ2n) is 5.26. The molecule has 0 amide bonds. The van der Waals surface area contributed by atoms with Crippen LogP contribution in [0.5, 0.6) is 0 Å². The van der Waals surface area contributed by atoms with Crippen molar-refractivity contribution in [3.05, 3.63) is 0 Å². The fourth-order valence-electron chi connectivity index (χ4n) is 2.66. The predicted octanol–water partition coefficient (Wildman–Crippen LogP) is 4.79. The summed E-state index contributed by atoms with van der Waals surface area (Å²) in [6, 6.07) is 0. The van der Waals surface area contributed by atoms with E-state index in [1.807, 2.05) is 0 Å². The summed E-state index contributed by atoms with van der Waals surface area (Å²) in [6.07, 6.45) is 0. The lowest BCUT2D eigenvalue weighted by atomic mass is 9.60. The predicted molar refractivity (Wildman–Crippen MR) is 42.0 cm³/mol. The first-order valence-electron chi connectivity index (χ1n) is 5.45. The number of halogens is 15. The molecular formula is C9HF15. The van der Waals surface area contributed by atoms with Gasteiger partial charge in [0.25, 0.3) is 5.67 Å². The SMILES string of the molecule is FC1(F)C(C2(F)C(F)(F)C(F)(F)C2(F)F)C(F)(F)C(F)(F)C1(F)F. The van der Waals surface area contributed by atoms with E-state index in [1.54, 1.807) is 0 Å². The van der Waals surface area contributed by atoms with E-state index in [0.717, 1.165) is 0 Å². The van der Waals surface area contributed by atoms with Gasteiger partial charge in [-0.3, -0.25) is 0 Å². The standard InChI is InChI=1S/C9HF15/c10-2(5(15,16)9(23,24)6(2,17)18)1-3(11,12)7(19,20)8(21,22)4(1,13)14/h1H. The third-order valence-electron chi connectivity index (χ3n) is 4.06. The third-order valence-corrected chi connectivity index (χ3v) is 4.06. The van der Waals surface area contributed by atoms with Crippen molar-refractivity contribution >= 4 is 0 Å². The van der Waals surface area contributed by atoms with Gasteiger partial charge in [-0.25, -0.2) is 4.39 Å². The number of rotatable bonds is 1. The molecule has 0 radical (unpaired) electrons. The number of hydrogen-bond donors (Lipinski definition) is 0. The van der Waals surface area contributed by atoms with Crippen molar-refractivity contribution in [3.8, 4) is 0 Å². The molecule has 2 rings (SSSR count). The van der Waals surface area contributed by atoms with Crippen molar-refractivity contribution in [2.75, 3.05) is 0 Å². The summed E-state index contributed by atoms with van der Waals surface area (Å²) in [4.78, 5) is 0. The third kappa shape index (κ3) is 1.30. The Bertz CT molecular complexity index is 527. The van der Waals surface area contributed by atoms with Crippen molar-refractivity contribution in [1.82, 2.24) is 0 Å². The first-order chi connectivity index (χ1) is 10.1. The maximum absolute atomic E-state index is 13.7. The van der Waals surface area contributed by atoms with Crippen LogP contribution in [0.3, 0.4) is 0 Å². The molecule has 0 nitrogen and oxygen atoms in total. The van der Waals surface area contributed by atoms with Crippen LogP contribution in [0.15, 0.2) is 0 Å². The Hall–Kier alpha value is -1.05. The van der Waals surface area contributed by atoms with Crippen molar-refractivity contribution in [3.63, 3.8) is 0 Å². The Labute approximate surface area is 120 Å². The van der Waals surface area contributed by atoms with E-state index in [0.29, 0.717) is 0 Å². The number of hydrogen-bond acceptors (Lipinski definition) is 0. The maximum atomic E-state index is 13.7. The molecule has 0 bridgehead atoms. The Morgan fingerprint density at radius 3 is 0.833 bits per heavy atom. The zero-order valence-electron chi connectivity index (χ0n) is 10.2. The quantitative estimate of drug-likeness (QED) is 0.562. The minimum absolute atomic E-state index is 6.13. The fourth-order valence-corrected chi connectivity index (χ4v) is 2.66. The van der Waals surface area contributed by atoms with E-state index >= 15 is 0 Å². The highest BCUT2D eigenvalue weighted by molar-refractivity contribution is 5.36. The van der Waals surface area contributed by atoms with Crippen LogP contribution < -0.4 is 0 Å². The second-order valence-corrected chi connectivity index (χ2v) is 5.26. The van der Waals surface area contributed by atoms with Crippen LogP contribution >= 0.6 is 0 Å². The summed E-state index contributed by atoms with van der Waals surface area (Å²) in [7, 11) is 0. The van der Waals surface area contributed by atoms with Gasteiger partial charge in [-0.15, -0.1) is 0 Å². The lowest BCUT2D eigenvalue weighted by Gasteiger charge is -2.57. The smallest absolute Gasteiger partial charge is 0.229 e.